The molecule has 3 aromatic carbocycles. The van der Waals surface area contributed by atoms with Crippen LogP contribution < -0.4 is 23.9 Å². The molecule has 1 heterocycles. The number of hydrazone groups is 1. The molecule has 4 aromatic rings. The van der Waals surface area contributed by atoms with E-state index in [4.69, 9.17) is 37.4 Å². The molecule has 4 rings (SSSR count). The fraction of sp³-hybridized carbons (Fsp3) is 0.200. The van der Waals surface area contributed by atoms with Gasteiger partial charge in [-0.05, 0) is 74.5 Å². The van der Waals surface area contributed by atoms with Crippen LogP contribution in [0.1, 0.15) is 17.0 Å². The van der Waals surface area contributed by atoms with E-state index in [1.165, 1.54) is 57.9 Å². The highest BCUT2D eigenvalue weighted by atomic mass is 35.5. The number of hydrogen-bond donors (Lipinski definition) is 1. The molecular weight excluding hydrogens is 615 g/mol. The Morgan fingerprint density at radius 3 is 2.16 bits per heavy atom. The van der Waals surface area contributed by atoms with Crippen molar-refractivity contribution in [3.8, 4) is 22.9 Å². The number of rotatable bonds is 11. The molecule has 0 saturated carbocycles. The summed E-state index contributed by atoms with van der Waals surface area (Å²) in [6, 6.07) is 17.9. The minimum absolute atomic E-state index is 0.0652. The van der Waals surface area contributed by atoms with Gasteiger partial charge in [-0.1, -0.05) is 23.2 Å². The molecule has 0 fully saturated rings. The second-order valence-corrected chi connectivity index (χ2v) is 12.0. The summed E-state index contributed by atoms with van der Waals surface area (Å²) < 4.78 is 46.8. The molecular formula is C30H30Cl2N4O6S. The topological polar surface area (TPSA) is 111 Å². The maximum absolute atomic E-state index is 14.0. The molecule has 1 N–H and O–H groups in total. The molecule has 13 heteroatoms. The van der Waals surface area contributed by atoms with Crippen LogP contribution in [0.3, 0.4) is 0 Å². The van der Waals surface area contributed by atoms with Gasteiger partial charge in [-0.25, -0.2) is 13.8 Å². The lowest BCUT2D eigenvalue weighted by Gasteiger charge is -2.25. The number of carbonyl (C=O) groups excluding carboxylic acids is 1. The molecule has 0 saturated heterocycles. The van der Waals surface area contributed by atoms with Crippen LogP contribution in [0.2, 0.25) is 10.0 Å². The Labute approximate surface area is 260 Å². The van der Waals surface area contributed by atoms with Crippen LogP contribution in [0.4, 0.5) is 5.69 Å². The van der Waals surface area contributed by atoms with Gasteiger partial charge >= 0.3 is 0 Å². The van der Waals surface area contributed by atoms with Crippen molar-refractivity contribution in [2.24, 2.45) is 5.10 Å². The van der Waals surface area contributed by atoms with E-state index >= 15 is 0 Å². The Balaban J connectivity index is 1.64. The average molecular weight is 646 g/mol. The molecule has 10 nitrogen and oxygen atoms in total. The summed E-state index contributed by atoms with van der Waals surface area (Å²) in [6.07, 6.45) is 1.50. The van der Waals surface area contributed by atoms with Crippen molar-refractivity contribution in [3.63, 3.8) is 0 Å². The van der Waals surface area contributed by atoms with Gasteiger partial charge in [0.2, 0.25) is 0 Å². The van der Waals surface area contributed by atoms with Gasteiger partial charge in [-0.3, -0.25) is 9.10 Å². The largest absolute Gasteiger partial charge is 0.495 e. The lowest BCUT2D eigenvalue weighted by Crippen LogP contribution is -2.39. The number of anilines is 1. The highest BCUT2D eigenvalue weighted by Crippen LogP contribution is 2.37. The van der Waals surface area contributed by atoms with Gasteiger partial charge in [-0.2, -0.15) is 5.10 Å². The monoisotopic (exact) mass is 644 g/mol. The predicted molar refractivity (Wildman–Crippen MR) is 168 cm³/mol. The normalized spacial score (nSPS) is 11.4. The first-order chi connectivity index (χ1) is 20.5. The van der Waals surface area contributed by atoms with Crippen molar-refractivity contribution in [1.82, 2.24) is 9.99 Å². The van der Waals surface area contributed by atoms with E-state index in [1.807, 2.05) is 36.6 Å². The van der Waals surface area contributed by atoms with E-state index in [-0.39, 0.29) is 27.1 Å². The minimum atomic E-state index is -4.34. The minimum Gasteiger partial charge on any atom is -0.495 e. The summed E-state index contributed by atoms with van der Waals surface area (Å²) in [5, 5.41) is 4.98. The van der Waals surface area contributed by atoms with E-state index in [2.05, 4.69) is 10.5 Å². The van der Waals surface area contributed by atoms with E-state index in [1.54, 1.807) is 18.2 Å². The third kappa shape index (κ3) is 6.90. The summed E-state index contributed by atoms with van der Waals surface area (Å²) >= 11 is 12.3. The van der Waals surface area contributed by atoms with Gasteiger partial charge in [0.05, 0.1) is 38.1 Å². The zero-order valence-corrected chi connectivity index (χ0v) is 26.4. The summed E-state index contributed by atoms with van der Waals surface area (Å²) in [4.78, 5) is 13.0. The number of methoxy groups -OCH3 is 3. The predicted octanol–water partition coefficient (Wildman–Crippen LogP) is 5.77. The quantitative estimate of drug-likeness (QED) is 0.164. The molecule has 0 bridgehead atoms. The first-order valence-corrected chi connectivity index (χ1v) is 15.0. The molecule has 0 aliphatic carbocycles. The first kappa shape index (κ1) is 31.7. The van der Waals surface area contributed by atoms with Gasteiger partial charge in [0.1, 0.15) is 12.3 Å². The van der Waals surface area contributed by atoms with Crippen LogP contribution in [0.5, 0.6) is 17.2 Å². The van der Waals surface area contributed by atoms with E-state index < -0.39 is 22.5 Å². The fourth-order valence-electron chi connectivity index (χ4n) is 4.51. The number of benzene rings is 3. The molecule has 1 amide bonds. The van der Waals surface area contributed by atoms with Gasteiger partial charge in [0, 0.05) is 38.8 Å². The van der Waals surface area contributed by atoms with Crippen LogP contribution in [-0.4, -0.2) is 53.0 Å². The molecule has 0 atom stereocenters. The Bertz CT molecular complexity index is 1770. The average Bonchev–Trinajstić information content (AvgIpc) is 3.27. The first-order valence-electron chi connectivity index (χ1n) is 12.8. The van der Waals surface area contributed by atoms with Crippen molar-refractivity contribution in [2.45, 2.75) is 18.7 Å². The summed E-state index contributed by atoms with van der Waals surface area (Å²) in [5.74, 6) is 0.0379. The molecule has 226 valence electrons. The highest BCUT2D eigenvalue weighted by Gasteiger charge is 2.30. The Morgan fingerprint density at radius 1 is 0.884 bits per heavy atom. The fourth-order valence-corrected chi connectivity index (χ4v) is 6.24. The zero-order chi connectivity index (χ0) is 31.3. The maximum atomic E-state index is 14.0. The van der Waals surface area contributed by atoms with E-state index in [0.29, 0.717) is 10.8 Å². The maximum Gasteiger partial charge on any atom is 0.265 e. The van der Waals surface area contributed by atoms with Crippen LogP contribution in [0, 0.1) is 13.8 Å². The third-order valence-corrected chi connectivity index (χ3v) is 8.83. The number of aryl methyl sites for hydroxylation is 1. The van der Waals surface area contributed by atoms with E-state index in [0.717, 1.165) is 26.9 Å². The van der Waals surface area contributed by atoms with Crippen LogP contribution in [0.25, 0.3) is 5.69 Å². The molecule has 1 aromatic heterocycles. The van der Waals surface area contributed by atoms with Gasteiger partial charge in [-0.15, -0.1) is 0 Å². The molecule has 0 aliphatic rings. The number of amides is 1. The number of ether oxygens (including phenoxy) is 3. The molecule has 43 heavy (non-hydrogen) atoms. The van der Waals surface area contributed by atoms with Gasteiger partial charge in [0.25, 0.3) is 15.9 Å². The summed E-state index contributed by atoms with van der Waals surface area (Å²) in [7, 11) is -0.122. The number of nitrogens with zero attached hydrogens (tertiary/aromatic N) is 3. The molecule has 0 radical (unpaired) electrons. The number of hydrogen-bond acceptors (Lipinski definition) is 7. The van der Waals surface area contributed by atoms with Gasteiger partial charge < -0.3 is 18.8 Å². The lowest BCUT2D eigenvalue weighted by molar-refractivity contribution is -0.119. The van der Waals surface area contributed by atoms with Crippen LogP contribution in [-0.2, 0) is 14.8 Å². The number of halogens is 2. The second-order valence-electron chi connectivity index (χ2n) is 9.28. The summed E-state index contributed by atoms with van der Waals surface area (Å²) in [5.41, 5.74) is 6.02. The van der Waals surface area contributed by atoms with Crippen molar-refractivity contribution in [3.05, 3.63) is 93.7 Å². The number of sulfonamides is 1. The standard InChI is InChI=1S/C30H30Cl2N4O6S/c1-19-14-21(20(2)36(19)24-9-6-22(31)7-10-24)17-33-34-30(37)18-35(26-15-23(32)8-12-27(26)40-3)43(38,39)25-11-13-28(41-4)29(16-25)42-5/h6-17H,18H2,1-5H3,(H,34,37)/b33-17-. The van der Waals surface area contributed by atoms with Gasteiger partial charge in [0.15, 0.2) is 11.5 Å². The summed E-state index contributed by atoms with van der Waals surface area (Å²) in [6.45, 7) is 3.25. The third-order valence-electron chi connectivity index (χ3n) is 6.59. The van der Waals surface area contributed by atoms with Crippen molar-refractivity contribution in [1.29, 1.82) is 0 Å². The second kappa shape index (κ2) is 13.4. The Kier molecular flexibility index (Phi) is 9.90. The van der Waals surface area contributed by atoms with Crippen LogP contribution >= 0.6 is 23.2 Å². The molecule has 0 unspecified atom stereocenters. The lowest BCUT2D eigenvalue weighted by atomic mass is 10.2. The SMILES string of the molecule is COc1ccc(S(=O)(=O)N(CC(=O)N/N=C\c2cc(C)n(-c3ccc(Cl)cc3)c2C)c2cc(Cl)ccc2OC)cc1OC. The Morgan fingerprint density at radius 2 is 1.51 bits per heavy atom. The molecule has 0 spiro atoms. The number of aromatic nitrogens is 1. The Hall–Kier alpha value is -4.19. The van der Waals surface area contributed by atoms with E-state index in [9.17, 15) is 13.2 Å². The smallest absolute Gasteiger partial charge is 0.265 e. The number of carbonyl (C=O) groups is 1. The van der Waals surface area contributed by atoms with Crippen molar-refractivity contribution < 1.29 is 27.4 Å². The highest BCUT2D eigenvalue weighted by molar-refractivity contribution is 7.92. The van der Waals surface area contributed by atoms with Crippen molar-refractivity contribution in [2.75, 3.05) is 32.2 Å². The zero-order valence-electron chi connectivity index (χ0n) is 24.1. The van der Waals surface area contributed by atoms with Crippen molar-refractivity contribution >= 4 is 51.0 Å². The molecule has 0 aliphatic heterocycles. The van der Waals surface area contributed by atoms with Crippen LogP contribution in [0.15, 0.2) is 76.7 Å². The number of nitrogens with one attached hydrogen (secondary N) is 1.